The average molecular weight is 130 g/mol. The minimum Gasteiger partial charge on any atom is -0.176 e. The van der Waals surface area contributed by atoms with Crippen LogP contribution in [0.4, 0.5) is 0 Å². The van der Waals surface area contributed by atoms with Crippen molar-refractivity contribution in [1.29, 1.82) is 0 Å². The quantitative estimate of drug-likeness (QED) is 0.440. The molecule has 0 bridgehead atoms. The predicted octanol–water partition coefficient (Wildman–Crippen LogP) is 2.66. The van der Waals surface area contributed by atoms with E-state index in [1.165, 1.54) is 0 Å². The second-order valence-corrected chi connectivity index (χ2v) is 2.60. The molecule has 0 aromatic carbocycles. The first kappa shape index (κ1) is 8.09. The summed E-state index contributed by atoms with van der Waals surface area (Å²) in [4.78, 5) is 0. The summed E-state index contributed by atoms with van der Waals surface area (Å²) in [7, 11) is 0. The van der Waals surface area contributed by atoms with E-state index in [9.17, 15) is 0 Å². The molecule has 48 valence electrons. The predicted molar refractivity (Wildman–Crippen MR) is 42.5 cm³/mol. The van der Waals surface area contributed by atoms with E-state index in [1.807, 2.05) is 6.92 Å². The third-order valence-corrected chi connectivity index (χ3v) is 1.69. The molecule has 0 radical (unpaired) electrons. The molecule has 0 nitrogen and oxygen atoms in total. The number of hydrogen-bond donors (Lipinski definition) is 1. The Morgan fingerprint density at radius 2 is 2.25 bits per heavy atom. The fraction of sp³-hybridized carbons (Fsp3) is 0.714. The minimum atomic E-state index is 0.561. The van der Waals surface area contributed by atoms with Crippen molar-refractivity contribution >= 4 is 12.6 Å². The zero-order chi connectivity index (χ0) is 6.41. The molecule has 0 rings (SSSR count). The molecule has 1 unspecified atom stereocenters. The molecular weight excluding hydrogens is 116 g/mol. The Morgan fingerprint density at radius 3 is 2.62 bits per heavy atom. The zero-order valence-corrected chi connectivity index (χ0v) is 6.49. The maximum Gasteiger partial charge on any atom is 0.00486 e. The molecule has 0 fully saturated rings. The van der Waals surface area contributed by atoms with Gasteiger partial charge in [-0.05, 0) is 19.8 Å². The Labute approximate surface area is 57.4 Å². The van der Waals surface area contributed by atoms with E-state index >= 15 is 0 Å². The summed E-state index contributed by atoms with van der Waals surface area (Å²) in [6, 6.07) is 0. The Hall–Kier alpha value is 0.0900. The fourth-order valence-corrected chi connectivity index (χ4v) is 0.582. The number of rotatable bonds is 3. The minimum absolute atomic E-state index is 0.561. The molecule has 1 atom stereocenters. The fourth-order valence-electron chi connectivity index (χ4n) is 0.460. The van der Waals surface area contributed by atoms with Crippen LogP contribution in [-0.4, -0.2) is 5.25 Å². The molecule has 0 saturated carbocycles. The van der Waals surface area contributed by atoms with Gasteiger partial charge in [0.2, 0.25) is 0 Å². The van der Waals surface area contributed by atoms with Crippen molar-refractivity contribution in [3.63, 3.8) is 0 Å². The highest BCUT2D eigenvalue weighted by atomic mass is 32.1. The van der Waals surface area contributed by atoms with Crippen molar-refractivity contribution in [3.8, 4) is 0 Å². The van der Waals surface area contributed by atoms with Crippen LogP contribution in [-0.2, 0) is 0 Å². The van der Waals surface area contributed by atoms with Crippen molar-refractivity contribution in [2.75, 3.05) is 0 Å². The third-order valence-electron chi connectivity index (χ3n) is 1.12. The van der Waals surface area contributed by atoms with E-state index in [0.29, 0.717) is 5.25 Å². The summed E-state index contributed by atoms with van der Waals surface area (Å²) in [5.74, 6) is 0. The van der Waals surface area contributed by atoms with E-state index in [0.717, 1.165) is 12.8 Å². The topological polar surface area (TPSA) is 0 Å². The summed E-state index contributed by atoms with van der Waals surface area (Å²) >= 11 is 4.31. The molecule has 8 heavy (non-hydrogen) atoms. The highest BCUT2D eigenvalue weighted by Crippen LogP contribution is 2.05. The van der Waals surface area contributed by atoms with Gasteiger partial charge in [0.15, 0.2) is 0 Å². The van der Waals surface area contributed by atoms with Gasteiger partial charge >= 0.3 is 0 Å². The molecule has 0 aliphatic rings. The van der Waals surface area contributed by atoms with Crippen LogP contribution in [0.1, 0.15) is 26.7 Å². The summed E-state index contributed by atoms with van der Waals surface area (Å²) < 4.78 is 0. The zero-order valence-electron chi connectivity index (χ0n) is 5.59. The largest absolute Gasteiger partial charge is 0.176 e. The van der Waals surface area contributed by atoms with Gasteiger partial charge in [-0.25, -0.2) is 0 Å². The van der Waals surface area contributed by atoms with Crippen molar-refractivity contribution < 1.29 is 0 Å². The van der Waals surface area contributed by atoms with Gasteiger partial charge < -0.3 is 0 Å². The van der Waals surface area contributed by atoms with Crippen LogP contribution in [0.15, 0.2) is 12.2 Å². The normalized spacial score (nSPS) is 14.9. The van der Waals surface area contributed by atoms with Gasteiger partial charge in [-0.15, -0.1) is 0 Å². The van der Waals surface area contributed by atoms with Crippen LogP contribution in [0.3, 0.4) is 0 Å². The summed E-state index contributed by atoms with van der Waals surface area (Å²) in [6.45, 7) is 4.19. The number of thiol groups is 1. The lowest BCUT2D eigenvalue weighted by Gasteiger charge is -1.99. The van der Waals surface area contributed by atoms with Gasteiger partial charge in [-0.1, -0.05) is 19.1 Å². The van der Waals surface area contributed by atoms with Crippen LogP contribution in [0.5, 0.6) is 0 Å². The van der Waals surface area contributed by atoms with Gasteiger partial charge in [-0.3, -0.25) is 0 Å². The number of hydrogen-bond acceptors (Lipinski definition) is 1. The van der Waals surface area contributed by atoms with Gasteiger partial charge in [-0.2, -0.15) is 12.6 Å². The first-order valence-corrected chi connectivity index (χ1v) is 3.62. The van der Waals surface area contributed by atoms with Gasteiger partial charge in [0.05, 0.1) is 0 Å². The monoisotopic (exact) mass is 130 g/mol. The lowest BCUT2D eigenvalue weighted by atomic mass is 10.2. The van der Waals surface area contributed by atoms with Crippen molar-refractivity contribution in [2.45, 2.75) is 31.9 Å². The lowest BCUT2D eigenvalue weighted by Crippen LogP contribution is -1.91. The molecule has 0 heterocycles. The molecular formula is C7H14S. The van der Waals surface area contributed by atoms with E-state index in [4.69, 9.17) is 0 Å². The van der Waals surface area contributed by atoms with Crippen molar-refractivity contribution in [2.24, 2.45) is 0 Å². The highest BCUT2D eigenvalue weighted by molar-refractivity contribution is 7.80. The maximum absolute atomic E-state index is 4.31. The lowest BCUT2D eigenvalue weighted by molar-refractivity contribution is 0.842. The first-order chi connectivity index (χ1) is 3.81. The van der Waals surface area contributed by atoms with E-state index < -0.39 is 0 Å². The van der Waals surface area contributed by atoms with Crippen LogP contribution in [0, 0.1) is 0 Å². The Kier molecular flexibility index (Phi) is 5.29. The smallest absolute Gasteiger partial charge is 0.00486 e. The van der Waals surface area contributed by atoms with E-state index in [1.54, 1.807) is 0 Å². The SMILES string of the molecule is CC=CCC(S)CC. The molecule has 1 heteroatoms. The Bertz CT molecular complexity index is 66.8. The maximum atomic E-state index is 4.31. The first-order valence-electron chi connectivity index (χ1n) is 3.10. The van der Waals surface area contributed by atoms with Crippen LogP contribution in [0.2, 0.25) is 0 Å². The Morgan fingerprint density at radius 1 is 1.62 bits per heavy atom. The van der Waals surface area contributed by atoms with Gasteiger partial charge in [0.25, 0.3) is 0 Å². The molecule has 0 aliphatic heterocycles. The molecule has 0 spiro atoms. The molecule has 0 amide bonds. The molecule has 0 aromatic rings. The Balaban J connectivity index is 3.10. The number of allylic oxidation sites excluding steroid dienone is 2. The van der Waals surface area contributed by atoms with E-state index in [2.05, 4.69) is 31.7 Å². The molecule has 0 aromatic heterocycles. The van der Waals surface area contributed by atoms with Crippen LogP contribution in [0.25, 0.3) is 0 Å². The third kappa shape index (κ3) is 4.25. The second-order valence-electron chi connectivity index (χ2n) is 1.87. The van der Waals surface area contributed by atoms with Crippen LogP contribution < -0.4 is 0 Å². The molecule has 0 N–H and O–H groups in total. The van der Waals surface area contributed by atoms with Crippen molar-refractivity contribution in [1.82, 2.24) is 0 Å². The second kappa shape index (κ2) is 5.23. The van der Waals surface area contributed by atoms with Gasteiger partial charge in [0.1, 0.15) is 0 Å². The standard InChI is InChI=1S/C7H14S/c1-3-5-6-7(8)4-2/h3,5,7-8H,4,6H2,1-2H3. The van der Waals surface area contributed by atoms with E-state index in [-0.39, 0.29) is 0 Å². The van der Waals surface area contributed by atoms with Crippen LogP contribution >= 0.6 is 12.6 Å². The van der Waals surface area contributed by atoms with Gasteiger partial charge in [0, 0.05) is 5.25 Å². The molecule has 0 saturated heterocycles. The van der Waals surface area contributed by atoms with Crippen molar-refractivity contribution in [3.05, 3.63) is 12.2 Å². The highest BCUT2D eigenvalue weighted by Gasteiger charge is 1.92. The average Bonchev–Trinajstić information content (AvgIpc) is 1.83. The summed E-state index contributed by atoms with van der Waals surface area (Å²) in [5, 5.41) is 0.561. The molecule has 0 aliphatic carbocycles. The summed E-state index contributed by atoms with van der Waals surface area (Å²) in [6.07, 6.45) is 6.49. The summed E-state index contributed by atoms with van der Waals surface area (Å²) in [5.41, 5.74) is 0.